The Kier molecular flexibility index (Phi) is 3.38. The van der Waals surface area contributed by atoms with Crippen molar-refractivity contribution in [2.24, 2.45) is 0 Å². The predicted octanol–water partition coefficient (Wildman–Crippen LogP) is 0.539. The fourth-order valence-corrected chi connectivity index (χ4v) is 2.10. The molecule has 2 aromatic heterocycles. The lowest BCUT2D eigenvalue weighted by atomic mass is 10.3. The molecule has 18 heavy (non-hydrogen) atoms. The Balaban J connectivity index is 2.18. The molecule has 0 atom stereocenters. The van der Waals surface area contributed by atoms with Crippen molar-refractivity contribution in [3.05, 3.63) is 35.8 Å². The van der Waals surface area contributed by atoms with Gasteiger partial charge in [0.1, 0.15) is 5.65 Å². The summed E-state index contributed by atoms with van der Waals surface area (Å²) in [4.78, 5) is 4.35. The highest BCUT2D eigenvalue weighted by Crippen LogP contribution is 2.07. The van der Waals surface area contributed by atoms with Gasteiger partial charge in [-0.25, -0.2) is 4.98 Å². The van der Waals surface area contributed by atoms with Gasteiger partial charge in [0, 0.05) is 26.5 Å². The van der Waals surface area contributed by atoms with E-state index >= 15 is 0 Å². The third-order valence-electron chi connectivity index (χ3n) is 2.58. The second kappa shape index (κ2) is 4.68. The fourth-order valence-electron chi connectivity index (χ4n) is 1.52. The highest BCUT2D eigenvalue weighted by Gasteiger charge is 2.13. The van der Waals surface area contributed by atoms with Crippen LogP contribution in [0.3, 0.4) is 0 Å². The summed E-state index contributed by atoms with van der Waals surface area (Å²) in [6.07, 6.45) is 3.72. The normalized spacial score (nSPS) is 12.4. The first-order valence-corrected chi connectivity index (χ1v) is 6.94. The summed E-state index contributed by atoms with van der Waals surface area (Å²) in [6, 6.07) is 3.92. The van der Waals surface area contributed by atoms with Crippen LogP contribution in [0, 0.1) is 6.92 Å². The molecule has 0 aromatic carbocycles. The van der Waals surface area contributed by atoms with Crippen LogP contribution in [-0.4, -0.2) is 36.2 Å². The van der Waals surface area contributed by atoms with Crippen LogP contribution in [-0.2, 0) is 16.8 Å². The van der Waals surface area contributed by atoms with Crippen molar-refractivity contribution < 1.29 is 8.42 Å². The van der Waals surface area contributed by atoms with E-state index in [1.165, 1.54) is 14.1 Å². The van der Waals surface area contributed by atoms with Crippen LogP contribution in [0.1, 0.15) is 11.3 Å². The minimum Gasteiger partial charge on any atom is -0.307 e. The van der Waals surface area contributed by atoms with Crippen molar-refractivity contribution in [2.45, 2.75) is 13.5 Å². The van der Waals surface area contributed by atoms with Crippen molar-refractivity contribution in [2.75, 3.05) is 14.1 Å². The smallest absolute Gasteiger partial charge is 0.279 e. The van der Waals surface area contributed by atoms with Gasteiger partial charge in [-0.05, 0) is 24.6 Å². The second-order valence-electron chi connectivity index (χ2n) is 4.31. The lowest BCUT2D eigenvalue weighted by molar-refractivity contribution is 0.505. The molecule has 0 saturated carbocycles. The molecule has 0 aliphatic heterocycles. The monoisotopic (exact) mass is 268 g/mol. The summed E-state index contributed by atoms with van der Waals surface area (Å²) in [6.45, 7) is 2.17. The highest BCUT2D eigenvalue weighted by molar-refractivity contribution is 7.87. The molecule has 2 rings (SSSR count). The number of fused-ring (bicyclic) bond motifs is 1. The number of imidazole rings is 1. The molecular weight excluding hydrogens is 252 g/mol. The largest absolute Gasteiger partial charge is 0.307 e. The lowest BCUT2D eigenvalue weighted by Gasteiger charge is -2.10. The molecule has 0 aliphatic rings. The molecule has 0 fully saturated rings. The highest BCUT2D eigenvalue weighted by atomic mass is 32.2. The first-order chi connectivity index (χ1) is 8.38. The quantitative estimate of drug-likeness (QED) is 0.880. The van der Waals surface area contributed by atoms with Crippen molar-refractivity contribution in [1.82, 2.24) is 18.4 Å². The van der Waals surface area contributed by atoms with Gasteiger partial charge in [-0.3, -0.25) is 0 Å². The van der Waals surface area contributed by atoms with Crippen molar-refractivity contribution in [3.8, 4) is 0 Å². The Labute approximate surface area is 106 Å². The molecule has 0 bridgehead atoms. The van der Waals surface area contributed by atoms with E-state index in [0.717, 1.165) is 15.5 Å². The van der Waals surface area contributed by atoms with E-state index < -0.39 is 10.2 Å². The Morgan fingerprint density at radius 2 is 2.17 bits per heavy atom. The average molecular weight is 268 g/mol. The van der Waals surface area contributed by atoms with Gasteiger partial charge in [-0.15, -0.1) is 0 Å². The lowest BCUT2D eigenvalue weighted by Crippen LogP contribution is -2.35. The Hall–Kier alpha value is -1.44. The van der Waals surface area contributed by atoms with Gasteiger partial charge in [0.05, 0.1) is 12.2 Å². The molecule has 0 spiro atoms. The maximum atomic E-state index is 11.6. The van der Waals surface area contributed by atoms with Crippen molar-refractivity contribution in [3.63, 3.8) is 0 Å². The maximum absolute atomic E-state index is 11.6. The van der Waals surface area contributed by atoms with Gasteiger partial charge in [0.2, 0.25) is 0 Å². The molecule has 7 heteroatoms. The predicted molar refractivity (Wildman–Crippen MR) is 69.4 cm³/mol. The van der Waals surface area contributed by atoms with Crippen LogP contribution in [0.15, 0.2) is 24.5 Å². The molecule has 0 aliphatic carbocycles. The Morgan fingerprint density at radius 1 is 1.44 bits per heavy atom. The zero-order chi connectivity index (χ0) is 13.3. The molecule has 0 unspecified atom stereocenters. The summed E-state index contributed by atoms with van der Waals surface area (Å²) < 4.78 is 28.6. The van der Waals surface area contributed by atoms with Crippen LogP contribution in [0.2, 0.25) is 0 Å². The van der Waals surface area contributed by atoms with Gasteiger partial charge in [0.25, 0.3) is 10.2 Å². The number of nitrogens with one attached hydrogen (secondary N) is 1. The van der Waals surface area contributed by atoms with Gasteiger partial charge >= 0.3 is 0 Å². The number of pyridine rings is 1. The minimum absolute atomic E-state index is 0.182. The van der Waals surface area contributed by atoms with E-state index in [0.29, 0.717) is 5.69 Å². The number of rotatable bonds is 4. The topological polar surface area (TPSA) is 66.7 Å². The SMILES string of the molecule is Cc1ccn2cc(CNS(=O)(=O)N(C)C)nc2c1. The summed E-state index contributed by atoms with van der Waals surface area (Å²) in [5.41, 5.74) is 2.62. The van der Waals surface area contributed by atoms with Gasteiger partial charge in [0.15, 0.2) is 0 Å². The van der Waals surface area contributed by atoms with Crippen LogP contribution < -0.4 is 4.72 Å². The Bertz CT molecular complexity index is 661. The standard InChI is InChI=1S/C11H16N4O2S/c1-9-4-5-15-8-10(13-11(15)6-9)7-12-18(16,17)14(2)3/h4-6,8,12H,7H2,1-3H3. The molecule has 6 nitrogen and oxygen atoms in total. The van der Waals surface area contributed by atoms with Crippen LogP contribution >= 0.6 is 0 Å². The van der Waals surface area contributed by atoms with Crippen molar-refractivity contribution >= 4 is 15.9 Å². The van der Waals surface area contributed by atoms with E-state index in [-0.39, 0.29) is 6.54 Å². The zero-order valence-corrected chi connectivity index (χ0v) is 11.4. The molecule has 0 amide bonds. The molecule has 0 saturated heterocycles. The third-order valence-corrected chi connectivity index (χ3v) is 4.05. The number of hydrogen-bond acceptors (Lipinski definition) is 3. The molecule has 1 N–H and O–H groups in total. The van der Waals surface area contributed by atoms with Crippen LogP contribution in [0.4, 0.5) is 0 Å². The van der Waals surface area contributed by atoms with Crippen LogP contribution in [0.5, 0.6) is 0 Å². The number of hydrogen-bond donors (Lipinski definition) is 1. The van der Waals surface area contributed by atoms with E-state index in [1.54, 1.807) is 0 Å². The number of aryl methyl sites for hydroxylation is 1. The molecular formula is C11H16N4O2S. The van der Waals surface area contributed by atoms with Crippen LogP contribution in [0.25, 0.3) is 5.65 Å². The molecule has 2 aromatic rings. The van der Waals surface area contributed by atoms with E-state index in [4.69, 9.17) is 0 Å². The van der Waals surface area contributed by atoms with Gasteiger partial charge in [-0.1, -0.05) is 0 Å². The van der Waals surface area contributed by atoms with Gasteiger partial charge < -0.3 is 4.40 Å². The number of nitrogens with zero attached hydrogens (tertiary/aromatic N) is 3. The first-order valence-electron chi connectivity index (χ1n) is 5.50. The summed E-state index contributed by atoms with van der Waals surface area (Å²) in [7, 11) is -0.445. The van der Waals surface area contributed by atoms with Crippen molar-refractivity contribution in [1.29, 1.82) is 0 Å². The maximum Gasteiger partial charge on any atom is 0.279 e. The summed E-state index contributed by atoms with van der Waals surface area (Å²) in [5, 5.41) is 0. The minimum atomic E-state index is -3.41. The second-order valence-corrected chi connectivity index (χ2v) is 6.28. The summed E-state index contributed by atoms with van der Waals surface area (Å²) >= 11 is 0. The fraction of sp³-hybridized carbons (Fsp3) is 0.364. The van der Waals surface area contributed by atoms with Gasteiger partial charge in [-0.2, -0.15) is 17.4 Å². The first kappa shape index (κ1) is 13.0. The number of aromatic nitrogens is 2. The molecule has 0 radical (unpaired) electrons. The Morgan fingerprint density at radius 3 is 2.83 bits per heavy atom. The zero-order valence-electron chi connectivity index (χ0n) is 10.6. The van der Waals surface area contributed by atoms with E-state index in [1.807, 2.05) is 35.9 Å². The third kappa shape index (κ3) is 2.69. The summed E-state index contributed by atoms with van der Waals surface area (Å²) in [5.74, 6) is 0. The van der Waals surface area contributed by atoms with E-state index in [9.17, 15) is 8.42 Å². The molecule has 98 valence electrons. The van der Waals surface area contributed by atoms with E-state index in [2.05, 4.69) is 9.71 Å². The average Bonchev–Trinajstić information content (AvgIpc) is 2.68. The molecule has 2 heterocycles.